The molecule has 0 radical (unpaired) electrons. The second kappa shape index (κ2) is 25.0. The lowest BCUT2D eigenvalue weighted by Gasteiger charge is -2.29. The molecule has 0 heterocycles. The number of aromatic hydroxyl groups is 2. The van der Waals surface area contributed by atoms with Gasteiger partial charge in [0.05, 0.1) is 0 Å². The van der Waals surface area contributed by atoms with Crippen LogP contribution in [0.2, 0.25) is 0 Å². The van der Waals surface area contributed by atoms with Crippen molar-refractivity contribution in [1.82, 2.24) is 9.80 Å². The fourth-order valence-electron chi connectivity index (χ4n) is 11.1. The minimum atomic E-state index is -0.320. The predicted octanol–water partition coefficient (Wildman–Crippen LogP) is 16.2. The third-order valence-electron chi connectivity index (χ3n) is 16.3. The smallest absolute Gasteiger partial charge is 0.261 e. The SMILES string of the molecule is CC(C)(C)c1cc2c(O)c(c1)Cc1cc(C(C)(C)C)cc(c1OCC(=O)N(Cc1ccccc1)Cc1ccccc1)Cc1cc(C(C)(C)C)cc(c1O)Cc1cc(C(C)(C)C)cc(c1OCC(=O)N(Cc1ccccc1)Cc1ccccc1)C2. The van der Waals surface area contributed by atoms with E-state index in [0.29, 0.717) is 37.7 Å². The van der Waals surface area contributed by atoms with E-state index in [-0.39, 0.29) is 83.9 Å². The van der Waals surface area contributed by atoms with Gasteiger partial charge in [-0.05, 0) is 111 Å². The zero-order valence-electron chi connectivity index (χ0n) is 51.7. The molecule has 2 amide bonds. The minimum absolute atomic E-state index is 0.163. The summed E-state index contributed by atoms with van der Waals surface area (Å²) in [5, 5.41) is 26.0. The van der Waals surface area contributed by atoms with E-state index in [1.165, 1.54) is 0 Å². The molecule has 9 rings (SSSR count). The van der Waals surface area contributed by atoms with Gasteiger partial charge in [-0.2, -0.15) is 0 Å². The van der Waals surface area contributed by atoms with Crippen molar-refractivity contribution in [3.05, 3.63) is 259 Å². The fourth-order valence-corrected chi connectivity index (χ4v) is 11.1. The summed E-state index contributed by atoms with van der Waals surface area (Å²) >= 11 is 0. The van der Waals surface area contributed by atoms with Crippen LogP contribution in [0.15, 0.2) is 170 Å². The van der Waals surface area contributed by atoms with Crippen LogP contribution in [0.5, 0.6) is 23.0 Å². The molecule has 8 aromatic rings. The quantitative estimate of drug-likeness (QED) is 0.113. The highest BCUT2D eigenvalue weighted by Crippen LogP contribution is 2.44. The Hall–Kier alpha value is -8.10. The molecule has 84 heavy (non-hydrogen) atoms. The maximum absolute atomic E-state index is 14.9. The number of carbonyl (C=O) groups excluding carboxylic acids is 2. The van der Waals surface area contributed by atoms with Gasteiger partial charge < -0.3 is 29.5 Å². The molecule has 0 spiro atoms. The number of fused-ring (bicyclic) bond motifs is 8. The Bertz CT molecular complexity index is 3180. The molecule has 0 atom stereocenters. The van der Waals surface area contributed by atoms with E-state index < -0.39 is 0 Å². The first kappa shape index (κ1) is 60.5. The van der Waals surface area contributed by atoms with Gasteiger partial charge in [0, 0.05) is 51.9 Å². The van der Waals surface area contributed by atoms with E-state index in [9.17, 15) is 19.8 Å². The number of hydrogen-bond acceptors (Lipinski definition) is 6. The van der Waals surface area contributed by atoms with E-state index in [0.717, 1.165) is 89.0 Å². The number of carbonyl (C=O) groups is 2. The molecule has 1 aliphatic carbocycles. The van der Waals surface area contributed by atoms with Gasteiger partial charge in [-0.25, -0.2) is 0 Å². The third-order valence-corrected chi connectivity index (χ3v) is 16.3. The molecule has 1 aliphatic rings. The van der Waals surface area contributed by atoms with Gasteiger partial charge in [-0.1, -0.05) is 253 Å². The Labute approximate surface area is 500 Å². The van der Waals surface area contributed by atoms with Gasteiger partial charge in [-0.15, -0.1) is 0 Å². The van der Waals surface area contributed by atoms with Crippen LogP contribution in [0.3, 0.4) is 0 Å². The van der Waals surface area contributed by atoms with Gasteiger partial charge in [0.25, 0.3) is 11.8 Å². The van der Waals surface area contributed by atoms with Crippen molar-refractivity contribution in [1.29, 1.82) is 0 Å². The topological polar surface area (TPSA) is 99.5 Å². The summed E-state index contributed by atoms with van der Waals surface area (Å²) < 4.78 is 14.1. The van der Waals surface area contributed by atoms with Crippen molar-refractivity contribution in [2.75, 3.05) is 13.2 Å². The van der Waals surface area contributed by atoms with Crippen LogP contribution < -0.4 is 9.47 Å². The van der Waals surface area contributed by atoms with Crippen LogP contribution >= 0.6 is 0 Å². The molecule has 8 bridgehead atoms. The molecule has 8 nitrogen and oxygen atoms in total. The lowest BCUT2D eigenvalue weighted by molar-refractivity contribution is -0.135. The molecule has 2 N–H and O–H groups in total. The van der Waals surface area contributed by atoms with Crippen LogP contribution in [0, 0.1) is 0 Å². The van der Waals surface area contributed by atoms with Crippen LogP contribution in [0.25, 0.3) is 0 Å². The minimum Gasteiger partial charge on any atom is -0.507 e. The summed E-state index contributed by atoms with van der Waals surface area (Å²) in [6, 6.07) is 57.3. The summed E-state index contributed by atoms with van der Waals surface area (Å²) in [7, 11) is 0. The van der Waals surface area contributed by atoms with Crippen molar-refractivity contribution in [3.63, 3.8) is 0 Å². The van der Waals surface area contributed by atoms with Crippen molar-refractivity contribution in [2.45, 2.75) is 157 Å². The molecule has 8 aromatic carbocycles. The highest BCUT2D eigenvalue weighted by atomic mass is 16.5. The van der Waals surface area contributed by atoms with Crippen molar-refractivity contribution >= 4 is 11.8 Å². The Morgan fingerprint density at radius 3 is 0.750 bits per heavy atom. The van der Waals surface area contributed by atoms with Gasteiger partial charge >= 0.3 is 0 Å². The largest absolute Gasteiger partial charge is 0.507 e. The Kier molecular flexibility index (Phi) is 18.0. The number of benzene rings is 8. The average molecular weight is 1120 g/mol. The highest BCUT2D eigenvalue weighted by Gasteiger charge is 2.30. The van der Waals surface area contributed by atoms with Crippen molar-refractivity contribution in [2.24, 2.45) is 0 Å². The van der Waals surface area contributed by atoms with Crippen LogP contribution in [0.1, 0.15) is 172 Å². The van der Waals surface area contributed by atoms with Crippen LogP contribution in [0.4, 0.5) is 0 Å². The fraction of sp³-hybridized carbons (Fsp3) is 0.342. The summed E-state index contributed by atoms with van der Waals surface area (Å²) in [5.41, 5.74) is 13.2. The van der Waals surface area contributed by atoms with Gasteiger partial charge in [0.15, 0.2) is 13.2 Å². The Morgan fingerprint density at radius 1 is 0.345 bits per heavy atom. The number of rotatable bonds is 14. The molecular weight excluding hydrogens is 1040 g/mol. The Balaban J connectivity index is 1.22. The molecule has 0 saturated heterocycles. The van der Waals surface area contributed by atoms with Crippen LogP contribution in [-0.2, 0) is 83.1 Å². The lowest BCUT2D eigenvalue weighted by atomic mass is 9.79. The number of ether oxygens (including phenoxy) is 2. The van der Waals surface area contributed by atoms with Crippen molar-refractivity contribution < 1.29 is 29.3 Å². The first-order chi connectivity index (χ1) is 39.8. The molecule has 0 fully saturated rings. The summed E-state index contributed by atoms with van der Waals surface area (Å²) in [4.78, 5) is 33.4. The summed E-state index contributed by atoms with van der Waals surface area (Å²) in [5.74, 6) is 1.10. The third kappa shape index (κ3) is 15.0. The normalized spacial score (nSPS) is 12.8. The molecule has 0 unspecified atom stereocenters. The summed E-state index contributed by atoms with van der Waals surface area (Å²) in [6.45, 7) is 27.4. The van der Waals surface area contributed by atoms with E-state index >= 15 is 0 Å². The van der Waals surface area contributed by atoms with E-state index in [1.54, 1.807) is 0 Å². The van der Waals surface area contributed by atoms with Crippen LogP contribution in [-0.4, -0.2) is 45.0 Å². The first-order valence-corrected chi connectivity index (χ1v) is 29.8. The summed E-state index contributed by atoms with van der Waals surface area (Å²) in [6.07, 6.45) is 1.13. The zero-order valence-corrected chi connectivity index (χ0v) is 51.7. The monoisotopic (exact) mass is 1120 g/mol. The van der Waals surface area contributed by atoms with E-state index in [1.807, 2.05) is 131 Å². The lowest BCUT2D eigenvalue weighted by Crippen LogP contribution is -2.34. The average Bonchev–Trinajstić information content (AvgIpc) is 3.13. The predicted molar refractivity (Wildman–Crippen MR) is 340 cm³/mol. The maximum atomic E-state index is 14.9. The molecule has 436 valence electrons. The standard InChI is InChI=1S/C76H86N2O6/c1-73(2,3)63-37-55-33-59-41-65(75(7,8)9)43-61(71(59)83-49-67(79)77(45-51-25-17-13-18-26-51)46-52-27-19-14-20-28-52)35-57-39-64(74(4,5)6)40-58(70(57)82)36-62-44-66(76(10,11)12)42-60(34-56(38-63)69(55)81)72(62)84-50-68(80)78(47-53-29-21-15-22-30-53)48-54-31-23-16-24-32-54/h13-32,37-44,81-82H,33-36,45-50H2,1-12H3. The number of phenolic OH excluding ortho intramolecular Hbond substituents is 2. The van der Waals surface area contributed by atoms with Gasteiger partial charge in [-0.3, -0.25) is 9.59 Å². The molecule has 8 heteroatoms. The highest BCUT2D eigenvalue weighted by molar-refractivity contribution is 5.79. The van der Waals surface area contributed by atoms with E-state index in [4.69, 9.17) is 9.47 Å². The number of hydrogen-bond donors (Lipinski definition) is 2. The van der Waals surface area contributed by atoms with Gasteiger partial charge in [0.2, 0.25) is 0 Å². The van der Waals surface area contributed by atoms with Gasteiger partial charge in [0.1, 0.15) is 23.0 Å². The number of nitrogens with zero attached hydrogens (tertiary/aromatic N) is 2. The second-order valence-corrected chi connectivity index (χ2v) is 27.3. The molecule has 0 aliphatic heterocycles. The molecule has 0 aromatic heterocycles. The Morgan fingerprint density at radius 2 is 0.548 bits per heavy atom. The van der Waals surface area contributed by atoms with Crippen molar-refractivity contribution in [3.8, 4) is 23.0 Å². The molecule has 0 saturated carbocycles. The maximum Gasteiger partial charge on any atom is 0.261 e. The number of phenols is 2. The first-order valence-electron chi connectivity index (χ1n) is 29.8. The zero-order chi connectivity index (χ0) is 60.1. The van der Waals surface area contributed by atoms with E-state index in [2.05, 4.69) is 132 Å². The second-order valence-electron chi connectivity index (χ2n) is 27.3. The number of amides is 2. The molecular formula is C76H86N2O6.